The maximum Gasteiger partial charge on any atom is 0.309 e. The molecule has 11 heteroatoms. The Balaban J connectivity index is 0.000000856. The number of carbonyl (C=O) groups is 4. The number of carboxylic acid groups (broad SMARTS) is 1. The summed E-state index contributed by atoms with van der Waals surface area (Å²) >= 11 is 0. The van der Waals surface area contributed by atoms with Crippen LogP contribution in [0.1, 0.15) is 64.5 Å². The van der Waals surface area contributed by atoms with Crippen LogP contribution >= 0.6 is 0 Å². The van der Waals surface area contributed by atoms with Crippen LogP contribution in [0.15, 0.2) is 60.7 Å². The molecule has 11 nitrogen and oxygen atoms in total. The first kappa shape index (κ1) is 43.5. The maximum atomic E-state index is 12.2. The number of methoxy groups -OCH3 is 1. The summed E-state index contributed by atoms with van der Waals surface area (Å²) in [5.41, 5.74) is 13.7. The first-order valence-corrected chi connectivity index (χ1v) is 15.9. The fourth-order valence-electron chi connectivity index (χ4n) is 5.04. The van der Waals surface area contributed by atoms with E-state index < -0.39 is 59.6 Å². The molecule has 0 amide bonds. The molecule has 0 saturated heterocycles. The van der Waals surface area contributed by atoms with Crippen molar-refractivity contribution in [1.82, 2.24) is 0 Å². The highest BCUT2D eigenvalue weighted by Gasteiger charge is 2.30. The Morgan fingerprint density at radius 3 is 1.32 bits per heavy atom. The van der Waals surface area contributed by atoms with Gasteiger partial charge in [0.05, 0.1) is 18.9 Å². The normalized spacial score (nSPS) is 14.7. The predicted molar refractivity (Wildman–Crippen MR) is 181 cm³/mol. The summed E-state index contributed by atoms with van der Waals surface area (Å²) in [5.74, 6) is -3.23. The van der Waals surface area contributed by atoms with Gasteiger partial charge in [-0.05, 0) is 48.6 Å². The molecule has 264 valence electrons. The molecule has 6 atom stereocenters. The topological polar surface area (TPSA) is 210 Å². The Morgan fingerprint density at radius 2 is 1.00 bits per heavy atom. The minimum Gasteiger partial charge on any atom is -0.481 e. The average molecular weight is 661 g/mol. The molecular weight excluding hydrogens is 604 g/mol. The molecule has 0 fully saturated rings. The minimum absolute atomic E-state index is 0.0471. The van der Waals surface area contributed by atoms with Gasteiger partial charge in [-0.15, -0.1) is 0 Å². The summed E-state index contributed by atoms with van der Waals surface area (Å²) in [6.07, 6.45) is -1.13. The van der Waals surface area contributed by atoms with Crippen molar-refractivity contribution in [2.75, 3.05) is 14.2 Å². The Bertz CT molecular complexity index is 1180. The number of hydrogen-bond donors (Lipinski definition) is 6. The van der Waals surface area contributed by atoms with Gasteiger partial charge >= 0.3 is 11.9 Å². The first-order chi connectivity index (χ1) is 22.2. The van der Waals surface area contributed by atoms with Crippen LogP contribution in [-0.2, 0) is 36.8 Å². The summed E-state index contributed by atoms with van der Waals surface area (Å²) in [7, 11) is 2.30. The van der Waals surface area contributed by atoms with Crippen LogP contribution in [0, 0.1) is 23.7 Å². The van der Waals surface area contributed by atoms with Crippen molar-refractivity contribution in [3.8, 4) is 0 Å². The van der Waals surface area contributed by atoms with Crippen LogP contribution in [0.2, 0.25) is 0 Å². The summed E-state index contributed by atoms with van der Waals surface area (Å²) < 4.78 is 4.75. The molecule has 0 aliphatic heterocycles. The molecule has 0 aromatic heterocycles. The predicted octanol–water partition coefficient (Wildman–Crippen LogP) is 2.94. The monoisotopic (exact) mass is 660 g/mol. The number of benzene rings is 2. The molecule has 0 radical (unpaired) electrons. The van der Waals surface area contributed by atoms with Crippen molar-refractivity contribution < 1.29 is 44.3 Å². The van der Waals surface area contributed by atoms with Crippen LogP contribution in [0.5, 0.6) is 0 Å². The highest BCUT2D eigenvalue weighted by atomic mass is 16.5. The molecule has 0 unspecified atom stereocenters. The molecule has 0 aliphatic carbocycles. The van der Waals surface area contributed by atoms with E-state index >= 15 is 0 Å². The smallest absolute Gasteiger partial charge is 0.309 e. The lowest BCUT2D eigenvalue weighted by Gasteiger charge is -2.21. The Morgan fingerprint density at radius 1 is 0.660 bits per heavy atom. The zero-order chi connectivity index (χ0) is 36.1. The fourth-order valence-corrected chi connectivity index (χ4v) is 5.04. The quantitative estimate of drug-likeness (QED) is 0.128. The molecule has 0 heterocycles. The minimum atomic E-state index is -1.34. The standard InChI is InChI=1S/C18H27NO4.C17H25NO4.CH4O/c1-12(2)9-14(18(22)23-3)11-16(20)17(21)15(19)10-13-7-5-4-6-8-13;1-11(2)8-13(17(21)22)10-15(19)16(20)14(18)9-12-6-4-3-5-7-12;1-2/h4-8,12,14-15,17,21H,9-11,19H2,1-3H3;3-7,11,13-14,16,20H,8-10,18H2,1-2H3,(H,21,22);2H,1H3/t14-,15-,17+;13-,14-,16+;/m11./s1. The first-order valence-electron chi connectivity index (χ1n) is 15.9. The average Bonchev–Trinajstić information content (AvgIpc) is 3.04. The number of rotatable bonds is 18. The molecule has 0 aliphatic rings. The third-order valence-electron chi connectivity index (χ3n) is 7.39. The molecule has 2 rings (SSSR count). The summed E-state index contributed by atoms with van der Waals surface area (Å²) in [6, 6.07) is 17.4. The summed E-state index contributed by atoms with van der Waals surface area (Å²) in [4.78, 5) is 47.3. The Hall–Kier alpha value is -3.48. The van der Waals surface area contributed by atoms with Gasteiger partial charge in [0, 0.05) is 32.0 Å². The van der Waals surface area contributed by atoms with E-state index in [0.29, 0.717) is 25.7 Å². The van der Waals surface area contributed by atoms with E-state index in [9.17, 15) is 29.4 Å². The lowest BCUT2D eigenvalue weighted by atomic mass is 9.89. The van der Waals surface area contributed by atoms with E-state index in [-0.39, 0.29) is 24.7 Å². The van der Waals surface area contributed by atoms with Gasteiger partial charge in [0.1, 0.15) is 12.2 Å². The van der Waals surface area contributed by atoms with Gasteiger partial charge in [0.25, 0.3) is 0 Å². The van der Waals surface area contributed by atoms with E-state index in [1.165, 1.54) is 7.11 Å². The second-order valence-electron chi connectivity index (χ2n) is 12.5. The van der Waals surface area contributed by atoms with Crippen molar-refractivity contribution in [3.63, 3.8) is 0 Å². The van der Waals surface area contributed by atoms with E-state index in [0.717, 1.165) is 18.2 Å². The second-order valence-corrected chi connectivity index (χ2v) is 12.5. The molecule has 8 N–H and O–H groups in total. The summed E-state index contributed by atoms with van der Waals surface area (Å²) in [5, 5.41) is 36.4. The van der Waals surface area contributed by atoms with Crippen LogP contribution < -0.4 is 11.5 Å². The molecule has 0 spiro atoms. The van der Waals surface area contributed by atoms with Crippen molar-refractivity contribution in [2.45, 2.75) is 90.5 Å². The van der Waals surface area contributed by atoms with Gasteiger partial charge in [0.2, 0.25) is 0 Å². The lowest BCUT2D eigenvalue weighted by Crippen LogP contribution is -2.43. The van der Waals surface area contributed by atoms with Crippen molar-refractivity contribution in [1.29, 1.82) is 0 Å². The molecule has 0 saturated carbocycles. The van der Waals surface area contributed by atoms with Crippen molar-refractivity contribution in [3.05, 3.63) is 71.8 Å². The second kappa shape index (κ2) is 23.8. The van der Waals surface area contributed by atoms with Crippen molar-refractivity contribution in [2.24, 2.45) is 35.1 Å². The number of aliphatic carboxylic acids is 1. The van der Waals surface area contributed by atoms with Crippen LogP contribution in [0.4, 0.5) is 0 Å². The van der Waals surface area contributed by atoms with Gasteiger partial charge in [-0.2, -0.15) is 0 Å². The number of hydrogen-bond acceptors (Lipinski definition) is 10. The van der Waals surface area contributed by atoms with Gasteiger partial charge in [-0.3, -0.25) is 19.2 Å². The highest BCUT2D eigenvalue weighted by molar-refractivity contribution is 5.88. The van der Waals surface area contributed by atoms with Crippen LogP contribution in [0.25, 0.3) is 0 Å². The molecular formula is C36H56N2O9. The number of nitrogens with two attached hydrogens (primary N) is 2. The molecule has 2 aromatic rings. The number of aliphatic hydroxyl groups is 3. The van der Waals surface area contributed by atoms with Crippen LogP contribution in [-0.4, -0.2) is 82.4 Å². The third kappa shape index (κ3) is 17.9. The van der Waals surface area contributed by atoms with Gasteiger partial charge < -0.3 is 36.6 Å². The van der Waals surface area contributed by atoms with Gasteiger partial charge in [-0.1, -0.05) is 88.4 Å². The van der Waals surface area contributed by atoms with E-state index in [4.69, 9.17) is 26.4 Å². The number of Topliss-reactive ketones (excluding diaryl/α,β-unsaturated/α-hetero) is 2. The number of aliphatic hydroxyl groups excluding tert-OH is 3. The van der Waals surface area contributed by atoms with Crippen LogP contribution in [0.3, 0.4) is 0 Å². The van der Waals surface area contributed by atoms with E-state index in [1.54, 1.807) is 0 Å². The number of ketones is 2. The SMILES string of the molecule is CC(C)C[C@H](CC(=O)[C@@H](O)[C@H](N)Cc1ccccc1)C(=O)O.CO.COC(=O)[C@@H](CC(=O)[C@@H](O)[C@H](N)Cc1ccccc1)CC(C)C. The Kier molecular flexibility index (Phi) is 22.0. The molecule has 0 bridgehead atoms. The summed E-state index contributed by atoms with van der Waals surface area (Å²) in [6.45, 7) is 7.74. The molecule has 47 heavy (non-hydrogen) atoms. The number of esters is 1. The fraction of sp³-hybridized carbons (Fsp3) is 0.556. The third-order valence-corrected chi connectivity index (χ3v) is 7.39. The van der Waals surface area contributed by atoms with Gasteiger partial charge in [-0.25, -0.2) is 0 Å². The number of carboxylic acids is 1. The number of ether oxygens (including phenoxy) is 1. The zero-order valence-corrected chi connectivity index (χ0v) is 28.6. The maximum absolute atomic E-state index is 12.2. The highest BCUT2D eigenvalue weighted by Crippen LogP contribution is 2.20. The molecule has 2 aromatic carbocycles. The number of carbonyl (C=O) groups excluding carboxylic acids is 3. The van der Waals surface area contributed by atoms with E-state index in [1.807, 2.05) is 88.4 Å². The zero-order valence-electron chi connectivity index (χ0n) is 28.6. The van der Waals surface area contributed by atoms with E-state index in [2.05, 4.69) is 0 Å². The van der Waals surface area contributed by atoms with Gasteiger partial charge in [0.15, 0.2) is 11.6 Å². The lowest BCUT2D eigenvalue weighted by molar-refractivity contribution is -0.148. The van der Waals surface area contributed by atoms with Crippen molar-refractivity contribution >= 4 is 23.5 Å². The largest absolute Gasteiger partial charge is 0.481 e. The Labute approximate surface area is 279 Å².